The van der Waals surface area contributed by atoms with Crippen molar-refractivity contribution in [2.24, 2.45) is 0 Å². The number of para-hydroxylation sites is 1. The van der Waals surface area contributed by atoms with Crippen LogP contribution in [0.4, 0.5) is 18.9 Å². The first kappa shape index (κ1) is 17.7. The summed E-state index contributed by atoms with van der Waals surface area (Å²) >= 11 is 0. The highest BCUT2D eigenvalue weighted by atomic mass is 35.5. The van der Waals surface area contributed by atoms with Crippen LogP contribution in [-0.4, -0.2) is 18.6 Å². The van der Waals surface area contributed by atoms with E-state index in [0.29, 0.717) is 12.2 Å². The van der Waals surface area contributed by atoms with Gasteiger partial charge in [0.05, 0.1) is 0 Å². The third kappa shape index (κ3) is 7.03. The van der Waals surface area contributed by atoms with Crippen LogP contribution in [0.15, 0.2) is 24.3 Å². The van der Waals surface area contributed by atoms with Crippen LogP contribution in [0.2, 0.25) is 0 Å². The van der Waals surface area contributed by atoms with Crippen LogP contribution < -0.4 is 10.6 Å². The number of hydrogen-bond acceptors (Lipinski definition) is 2. The molecular formula is C12H16ClF3N2O. The molecule has 0 heterocycles. The van der Waals surface area contributed by atoms with Gasteiger partial charge in [-0.1, -0.05) is 25.1 Å². The second-order valence-electron chi connectivity index (χ2n) is 3.78. The Morgan fingerprint density at radius 3 is 2.47 bits per heavy atom. The Morgan fingerprint density at radius 2 is 1.89 bits per heavy atom. The summed E-state index contributed by atoms with van der Waals surface area (Å²) in [5.41, 5.74) is 1.17. The van der Waals surface area contributed by atoms with Crippen molar-refractivity contribution in [3.8, 4) is 0 Å². The fourth-order valence-electron chi connectivity index (χ4n) is 1.43. The van der Waals surface area contributed by atoms with Gasteiger partial charge in [-0.25, -0.2) is 0 Å². The Morgan fingerprint density at radius 1 is 1.26 bits per heavy atom. The highest BCUT2D eigenvalue weighted by Gasteiger charge is 2.31. The molecule has 1 aromatic carbocycles. The molecule has 0 saturated heterocycles. The quantitative estimate of drug-likeness (QED) is 0.876. The van der Waals surface area contributed by atoms with E-state index < -0.39 is 18.5 Å². The summed E-state index contributed by atoms with van der Waals surface area (Å²) in [5, 5.41) is 5.33. The van der Waals surface area contributed by atoms with Crippen LogP contribution in [0.25, 0.3) is 0 Å². The van der Waals surface area contributed by atoms with Gasteiger partial charge in [0, 0.05) is 12.2 Å². The maximum Gasteiger partial charge on any atom is 0.397 e. The number of hydrogen-bond donors (Lipinski definition) is 2. The molecule has 0 bridgehead atoms. The number of anilines is 1. The largest absolute Gasteiger partial charge is 0.397 e. The normalized spacial score (nSPS) is 10.7. The van der Waals surface area contributed by atoms with Crippen molar-refractivity contribution in [1.29, 1.82) is 0 Å². The first-order chi connectivity index (χ1) is 8.42. The zero-order valence-corrected chi connectivity index (χ0v) is 11.2. The van der Waals surface area contributed by atoms with Crippen molar-refractivity contribution >= 4 is 24.0 Å². The molecule has 0 aliphatic rings. The molecule has 2 N–H and O–H groups in total. The molecule has 0 spiro atoms. The summed E-state index contributed by atoms with van der Waals surface area (Å²) < 4.78 is 36.1. The number of benzene rings is 1. The fraction of sp³-hybridized carbons (Fsp3) is 0.417. The summed E-state index contributed by atoms with van der Waals surface area (Å²) in [7, 11) is 0. The standard InChI is InChI=1S/C12H15F3N2O.ClH/c1-2-16-8-9-5-3-4-6-10(9)17-11(18)7-12(13,14)15;/h3-6,16H,2,7-8H2,1H3,(H,17,18);1H. The van der Waals surface area contributed by atoms with Crippen molar-refractivity contribution in [3.05, 3.63) is 29.8 Å². The van der Waals surface area contributed by atoms with Gasteiger partial charge in [-0.05, 0) is 18.2 Å². The molecule has 3 nitrogen and oxygen atoms in total. The van der Waals surface area contributed by atoms with E-state index in [9.17, 15) is 18.0 Å². The molecule has 0 unspecified atom stereocenters. The maximum atomic E-state index is 12.0. The topological polar surface area (TPSA) is 41.1 Å². The highest BCUT2D eigenvalue weighted by Crippen LogP contribution is 2.21. The van der Waals surface area contributed by atoms with Gasteiger partial charge in [-0.15, -0.1) is 12.4 Å². The average molecular weight is 297 g/mol. The Kier molecular flexibility index (Phi) is 7.48. The number of rotatable bonds is 5. The molecule has 0 atom stereocenters. The van der Waals surface area contributed by atoms with Gasteiger partial charge in [-0.2, -0.15) is 13.2 Å². The van der Waals surface area contributed by atoms with E-state index in [2.05, 4.69) is 10.6 Å². The van der Waals surface area contributed by atoms with E-state index in [4.69, 9.17) is 0 Å². The Labute approximate surface area is 116 Å². The van der Waals surface area contributed by atoms with Crippen molar-refractivity contribution in [2.45, 2.75) is 26.1 Å². The smallest absolute Gasteiger partial charge is 0.325 e. The monoisotopic (exact) mass is 296 g/mol. The fourth-order valence-corrected chi connectivity index (χ4v) is 1.43. The van der Waals surface area contributed by atoms with Crippen molar-refractivity contribution in [2.75, 3.05) is 11.9 Å². The van der Waals surface area contributed by atoms with Crippen LogP contribution in [0.1, 0.15) is 18.9 Å². The minimum absolute atomic E-state index is 0. The van der Waals surface area contributed by atoms with Gasteiger partial charge >= 0.3 is 6.18 Å². The average Bonchev–Trinajstić information content (AvgIpc) is 2.25. The molecule has 7 heteroatoms. The zero-order valence-electron chi connectivity index (χ0n) is 10.4. The number of halogens is 4. The van der Waals surface area contributed by atoms with Gasteiger partial charge < -0.3 is 10.6 Å². The lowest BCUT2D eigenvalue weighted by atomic mass is 10.1. The van der Waals surface area contributed by atoms with Crippen LogP contribution in [0.3, 0.4) is 0 Å². The van der Waals surface area contributed by atoms with E-state index in [1.165, 1.54) is 0 Å². The predicted octanol–water partition coefficient (Wildman–Crippen LogP) is 3.11. The first-order valence-corrected chi connectivity index (χ1v) is 5.57. The molecular weight excluding hydrogens is 281 g/mol. The van der Waals surface area contributed by atoms with Crippen LogP contribution in [0, 0.1) is 0 Å². The number of nitrogens with one attached hydrogen (secondary N) is 2. The molecule has 0 fully saturated rings. The maximum absolute atomic E-state index is 12.0. The molecule has 19 heavy (non-hydrogen) atoms. The number of amides is 1. The molecule has 0 aliphatic heterocycles. The molecule has 0 aliphatic carbocycles. The number of carbonyl (C=O) groups excluding carboxylic acids is 1. The highest BCUT2D eigenvalue weighted by molar-refractivity contribution is 5.91. The van der Waals surface area contributed by atoms with Crippen LogP contribution >= 0.6 is 12.4 Å². The molecule has 0 aromatic heterocycles. The predicted molar refractivity (Wildman–Crippen MR) is 70.4 cm³/mol. The van der Waals surface area contributed by atoms with Gasteiger partial charge in [0.15, 0.2) is 0 Å². The molecule has 108 valence electrons. The Balaban J connectivity index is 0.00000324. The zero-order chi connectivity index (χ0) is 13.6. The van der Waals surface area contributed by atoms with E-state index in [0.717, 1.165) is 12.1 Å². The number of carbonyl (C=O) groups is 1. The third-order valence-electron chi connectivity index (χ3n) is 2.22. The summed E-state index contributed by atoms with van der Waals surface area (Å²) in [6.45, 7) is 3.16. The molecule has 1 rings (SSSR count). The lowest BCUT2D eigenvalue weighted by molar-refractivity contribution is -0.150. The van der Waals surface area contributed by atoms with Gasteiger partial charge in [0.25, 0.3) is 0 Å². The molecule has 1 aromatic rings. The third-order valence-corrected chi connectivity index (χ3v) is 2.22. The van der Waals surface area contributed by atoms with E-state index in [1.54, 1.807) is 24.3 Å². The summed E-state index contributed by atoms with van der Waals surface area (Å²) in [4.78, 5) is 11.2. The summed E-state index contributed by atoms with van der Waals surface area (Å²) in [6.07, 6.45) is -5.96. The Hall–Kier alpha value is -1.27. The molecule has 0 saturated carbocycles. The van der Waals surface area contributed by atoms with Gasteiger partial charge in [0.2, 0.25) is 5.91 Å². The second-order valence-corrected chi connectivity index (χ2v) is 3.78. The summed E-state index contributed by atoms with van der Waals surface area (Å²) in [5.74, 6) is -1.05. The van der Waals surface area contributed by atoms with Gasteiger partial charge in [-0.3, -0.25) is 4.79 Å². The van der Waals surface area contributed by atoms with E-state index >= 15 is 0 Å². The number of alkyl halides is 3. The SMILES string of the molecule is CCNCc1ccccc1NC(=O)CC(F)(F)F.Cl. The first-order valence-electron chi connectivity index (χ1n) is 5.57. The molecule has 1 amide bonds. The summed E-state index contributed by atoms with van der Waals surface area (Å²) in [6, 6.07) is 6.78. The Bertz CT molecular complexity index is 410. The second kappa shape index (κ2) is 8.01. The van der Waals surface area contributed by atoms with Crippen LogP contribution in [0.5, 0.6) is 0 Å². The van der Waals surface area contributed by atoms with Crippen LogP contribution in [-0.2, 0) is 11.3 Å². The van der Waals surface area contributed by atoms with E-state index in [-0.39, 0.29) is 12.4 Å². The van der Waals surface area contributed by atoms with Crippen molar-refractivity contribution in [3.63, 3.8) is 0 Å². The lowest BCUT2D eigenvalue weighted by Gasteiger charge is -2.12. The van der Waals surface area contributed by atoms with E-state index in [1.807, 2.05) is 6.92 Å². The van der Waals surface area contributed by atoms with Gasteiger partial charge in [0.1, 0.15) is 6.42 Å². The van der Waals surface area contributed by atoms with Crippen molar-refractivity contribution in [1.82, 2.24) is 5.32 Å². The minimum Gasteiger partial charge on any atom is -0.325 e. The lowest BCUT2D eigenvalue weighted by Crippen LogP contribution is -2.22. The minimum atomic E-state index is -4.49. The van der Waals surface area contributed by atoms with Crippen molar-refractivity contribution < 1.29 is 18.0 Å². The molecule has 0 radical (unpaired) electrons.